The van der Waals surface area contributed by atoms with Crippen LogP contribution in [0.3, 0.4) is 0 Å². The summed E-state index contributed by atoms with van der Waals surface area (Å²) in [5.41, 5.74) is -1.63. The van der Waals surface area contributed by atoms with Gasteiger partial charge in [0, 0.05) is 18.2 Å². The molecule has 0 saturated carbocycles. The van der Waals surface area contributed by atoms with Gasteiger partial charge < -0.3 is 10.4 Å². The Morgan fingerprint density at radius 2 is 1.90 bits per heavy atom. The average Bonchev–Trinajstić information content (AvgIpc) is 2.35. The summed E-state index contributed by atoms with van der Waals surface area (Å²) in [5.74, 6) is -2.22. The summed E-state index contributed by atoms with van der Waals surface area (Å²) in [6.07, 6.45) is -4.72. The van der Waals surface area contributed by atoms with Crippen LogP contribution in [0, 0.1) is 11.7 Å². The Labute approximate surface area is 113 Å². The highest BCUT2D eigenvalue weighted by Gasteiger charge is 2.32. The van der Waals surface area contributed by atoms with Crippen molar-refractivity contribution in [1.82, 2.24) is 5.32 Å². The number of hydrogen-bond acceptors (Lipinski definition) is 2. The number of amides is 1. The van der Waals surface area contributed by atoms with E-state index < -0.39 is 35.1 Å². The van der Waals surface area contributed by atoms with E-state index in [2.05, 4.69) is 5.32 Å². The van der Waals surface area contributed by atoms with Crippen LogP contribution in [0.2, 0.25) is 0 Å². The van der Waals surface area contributed by atoms with E-state index in [-0.39, 0.29) is 12.5 Å². The summed E-state index contributed by atoms with van der Waals surface area (Å²) >= 11 is 0. The van der Waals surface area contributed by atoms with Crippen molar-refractivity contribution in [3.05, 3.63) is 35.1 Å². The lowest BCUT2D eigenvalue weighted by molar-refractivity contribution is -0.137. The first kappa shape index (κ1) is 16.4. The molecule has 0 bridgehead atoms. The maximum Gasteiger partial charge on any atom is 0.416 e. The Morgan fingerprint density at radius 3 is 2.40 bits per heavy atom. The molecule has 0 heterocycles. The van der Waals surface area contributed by atoms with E-state index in [9.17, 15) is 22.4 Å². The summed E-state index contributed by atoms with van der Waals surface area (Å²) in [7, 11) is 0. The van der Waals surface area contributed by atoms with E-state index in [0.29, 0.717) is 12.1 Å². The summed E-state index contributed by atoms with van der Waals surface area (Å²) in [6.45, 7) is 3.08. The fourth-order valence-corrected chi connectivity index (χ4v) is 1.47. The van der Waals surface area contributed by atoms with Gasteiger partial charge in [-0.2, -0.15) is 13.2 Å². The highest BCUT2D eigenvalue weighted by Crippen LogP contribution is 2.30. The first-order valence-corrected chi connectivity index (χ1v) is 5.94. The standard InChI is InChI=1S/C13H15F4NO2/c1-7(6-19)8(2)18-12(20)9-3-10(13(15,16)17)5-11(14)4-9/h3-5,7-8,19H,6H2,1-2H3,(H,18,20)/t7-,8+/m0/s1. The molecule has 112 valence electrons. The summed E-state index contributed by atoms with van der Waals surface area (Å²) in [4.78, 5) is 11.8. The average molecular weight is 293 g/mol. The lowest BCUT2D eigenvalue weighted by atomic mass is 10.0. The van der Waals surface area contributed by atoms with Crippen LogP contribution in [-0.2, 0) is 6.18 Å². The molecule has 0 fully saturated rings. The minimum absolute atomic E-state index is 0.182. The van der Waals surface area contributed by atoms with Crippen molar-refractivity contribution in [2.24, 2.45) is 5.92 Å². The van der Waals surface area contributed by atoms with Gasteiger partial charge in [-0.3, -0.25) is 4.79 Å². The molecule has 0 saturated heterocycles. The number of alkyl halides is 3. The van der Waals surface area contributed by atoms with Gasteiger partial charge in [-0.1, -0.05) is 6.92 Å². The Kier molecular flexibility index (Phi) is 5.10. The Hall–Kier alpha value is -1.63. The molecule has 0 unspecified atom stereocenters. The molecule has 1 amide bonds. The molecule has 7 heteroatoms. The van der Waals surface area contributed by atoms with Crippen molar-refractivity contribution in [3.8, 4) is 0 Å². The molecule has 2 N–H and O–H groups in total. The topological polar surface area (TPSA) is 49.3 Å². The van der Waals surface area contributed by atoms with Gasteiger partial charge in [0.05, 0.1) is 5.56 Å². The number of halogens is 4. The second-order valence-corrected chi connectivity index (χ2v) is 4.65. The van der Waals surface area contributed by atoms with Crippen molar-refractivity contribution in [2.75, 3.05) is 6.61 Å². The maximum absolute atomic E-state index is 13.2. The van der Waals surface area contributed by atoms with Crippen molar-refractivity contribution in [1.29, 1.82) is 0 Å². The third-order valence-electron chi connectivity index (χ3n) is 2.99. The lowest BCUT2D eigenvalue weighted by Gasteiger charge is -2.19. The molecule has 0 aliphatic carbocycles. The quantitative estimate of drug-likeness (QED) is 0.838. The third-order valence-corrected chi connectivity index (χ3v) is 2.99. The zero-order valence-corrected chi connectivity index (χ0v) is 11.0. The van der Waals surface area contributed by atoms with Crippen molar-refractivity contribution < 1.29 is 27.5 Å². The predicted molar refractivity (Wildman–Crippen MR) is 64.6 cm³/mol. The normalized spacial score (nSPS) is 14.8. The van der Waals surface area contributed by atoms with Gasteiger partial charge in [0.15, 0.2) is 0 Å². The largest absolute Gasteiger partial charge is 0.416 e. The van der Waals surface area contributed by atoms with E-state index >= 15 is 0 Å². The molecule has 1 aromatic carbocycles. The predicted octanol–water partition coefficient (Wildman–Crippen LogP) is 2.59. The number of rotatable bonds is 4. The van der Waals surface area contributed by atoms with Gasteiger partial charge >= 0.3 is 6.18 Å². The number of nitrogens with one attached hydrogen (secondary N) is 1. The molecule has 20 heavy (non-hydrogen) atoms. The zero-order valence-electron chi connectivity index (χ0n) is 11.0. The summed E-state index contributed by atoms with van der Waals surface area (Å²) in [5, 5.41) is 11.3. The van der Waals surface area contributed by atoms with E-state index in [4.69, 9.17) is 5.11 Å². The minimum atomic E-state index is -4.72. The van der Waals surface area contributed by atoms with E-state index in [1.807, 2.05) is 0 Å². The number of benzene rings is 1. The SMILES string of the molecule is C[C@@H](CO)[C@@H](C)NC(=O)c1cc(F)cc(C(F)(F)F)c1. The molecule has 2 atom stereocenters. The fourth-order valence-electron chi connectivity index (χ4n) is 1.47. The third kappa shape index (κ3) is 4.19. The highest BCUT2D eigenvalue weighted by atomic mass is 19.4. The number of aliphatic hydroxyl groups excluding tert-OH is 1. The first-order valence-electron chi connectivity index (χ1n) is 5.94. The van der Waals surface area contributed by atoms with Crippen LogP contribution in [0.1, 0.15) is 29.8 Å². The van der Waals surface area contributed by atoms with E-state index in [0.717, 1.165) is 6.07 Å². The van der Waals surface area contributed by atoms with Crippen LogP contribution in [0.25, 0.3) is 0 Å². The second-order valence-electron chi connectivity index (χ2n) is 4.65. The molecule has 0 spiro atoms. The fraction of sp³-hybridized carbons (Fsp3) is 0.462. The monoisotopic (exact) mass is 293 g/mol. The lowest BCUT2D eigenvalue weighted by Crippen LogP contribution is -2.38. The van der Waals surface area contributed by atoms with Crippen LogP contribution >= 0.6 is 0 Å². The van der Waals surface area contributed by atoms with Crippen LogP contribution in [0.5, 0.6) is 0 Å². The number of aliphatic hydroxyl groups is 1. The van der Waals surface area contributed by atoms with Crippen molar-refractivity contribution in [2.45, 2.75) is 26.1 Å². The molecule has 1 aromatic rings. The molecule has 0 radical (unpaired) electrons. The van der Waals surface area contributed by atoms with Gasteiger partial charge in [0.1, 0.15) is 5.82 Å². The van der Waals surface area contributed by atoms with Gasteiger partial charge in [-0.15, -0.1) is 0 Å². The van der Waals surface area contributed by atoms with Crippen LogP contribution in [0.15, 0.2) is 18.2 Å². The molecule has 0 aliphatic heterocycles. The Morgan fingerprint density at radius 1 is 1.30 bits per heavy atom. The summed E-state index contributed by atoms with van der Waals surface area (Å²) < 4.78 is 50.7. The summed E-state index contributed by atoms with van der Waals surface area (Å²) in [6, 6.07) is 1.21. The van der Waals surface area contributed by atoms with Crippen LogP contribution < -0.4 is 5.32 Å². The first-order chi connectivity index (χ1) is 9.15. The Balaban J connectivity index is 2.97. The second kappa shape index (κ2) is 6.21. The molecule has 1 rings (SSSR count). The Bertz CT molecular complexity index is 488. The van der Waals surface area contributed by atoms with Gasteiger partial charge in [0.25, 0.3) is 5.91 Å². The molecule has 0 aliphatic rings. The van der Waals surface area contributed by atoms with Crippen molar-refractivity contribution >= 4 is 5.91 Å². The van der Waals surface area contributed by atoms with E-state index in [1.165, 1.54) is 0 Å². The zero-order chi connectivity index (χ0) is 15.5. The van der Waals surface area contributed by atoms with E-state index in [1.54, 1.807) is 13.8 Å². The van der Waals surface area contributed by atoms with Crippen LogP contribution in [0.4, 0.5) is 17.6 Å². The molecule has 0 aromatic heterocycles. The molecular formula is C13H15F4NO2. The molecule has 3 nitrogen and oxygen atoms in total. The van der Waals surface area contributed by atoms with Gasteiger partial charge in [0.2, 0.25) is 0 Å². The number of carbonyl (C=O) groups is 1. The van der Waals surface area contributed by atoms with Crippen molar-refractivity contribution in [3.63, 3.8) is 0 Å². The highest BCUT2D eigenvalue weighted by molar-refractivity contribution is 5.94. The van der Waals surface area contributed by atoms with Crippen LogP contribution in [-0.4, -0.2) is 23.7 Å². The number of hydrogen-bond donors (Lipinski definition) is 2. The van der Waals surface area contributed by atoms with Gasteiger partial charge in [-0.05, 0) is 31.0 Å². The maximum atomic E-state index is 13.2. The van der Waals surface area contributed by atoms with Gasteiger partial charge in [-0.25, -0.2) is 4.39 Å². The number of carbonyl (C=O) groups excluding carboxylic acids is 1. The smallest absolute Gasteiger partial charge is 0.396 e. The molecular weight excluding hydrogens is 278 g/mol. The minimum Gasteiger partial charge on any atom is -0.396 e.